The van der Waals surface area contributed by atoms with E-state index in [2.05, 4.69) is 10.1 Å². The molecule has 19 heavy (non-hydrogen) atoms. The Morgan fingerprint density at radius 2 is 2.32 bits per heavy atom. The molecule has 0 spiro atoms. The number of aliphatic carboxylic acids is 1. The normalized spacial score (nSPS) is 10.8. The molecule has 2 aromatic rings. The Morgan fingerprint density at radius 1 is 1.53 bits per heavy atom. The number of aryl methyl sites for hydroxylation is 2. The van der Waals surface area contributed by atoms with Gasteiger partial charge in [0.05, 0.1) is 17.5 Å². The van der Waals surface area contributed by atoms with Crippen LogP contribution in [0.25, 0.3) is 6.08 Å². The molecule has 98 valence electrons. The summed E-state index contributed by atoms with van der Waals surface area (Å²) in [7, 11) is 1.73. The van der Waals surface area contributed by atoms with Crippen LogP contribution >= 0.6 is 0 Å². The van der Waals surface area contributed by atoms with E-state index in [1.807, 2.05) is 0 Å². The summed E-state index contributed by atoms with van der Waals surface area (Å²) in [5, 5.41) is 12.9. The van der Waals surface area contributed by atoms with Crippen LogP contribution in [0.5, 0.6) is 11.6 Å². The van der Waals surface area contributed by atoms with Gasteiger partial charge in [0, 0.05) is 19.3 Å². The fourth-order valence-corrected chi connectivity index (χ4v) is 1.64. The Bertz CT molecular complexity index is 618. The molecule has 2 heterocycles. The molecular weight excluding hydrogens is 246 g/mol. The van der Waals surface area contributed by atoms with E-state index < -0.39 is 5.97 Å². The van der Waals surface area contributed by atoms with Gasteiger partial charge >= 0.3 is 5.97 Å². The summed E-state index contributed by atoms with van der Waals surface area (Å²) >= 11 is 0. The maximum Gasteiger partial charge on any atom is 0.328 e. The van der Waals surface area contributed by atoms with Crippen LogP contribution < -0.4 is 4.74 Å². The Labute approximate surface area is 110 Å². The monoisotopic (exact) mass is 259 g/mol. The Kier molecular flexibility index (Phi) is 3.61. The van der Waals surface area contributed by atoms with Crippen molar-refractivity contribution in [1.82, 2.24) is 14.8 Å². The second-order valence-corrected chi connectivity index (χ2v) is 3.89. The standard InChI is InChI=1S/C13H13N3O3/c1-9-11(5-6-12(17)18)13(16(2)15-9)19-10-4-3-7-14-8-10/h3-8H,1-2H3,(H,17,18)/b6-5+. The minimum absolute atomic E-state index is 0.475. The molecule has 6 heteroatoms. The third-order valence-electron chi connectivity index (χ3n) is 2.46. The molecule has 1 N–H and O–H groups in total. The minimum atomic E-state index is -1.02. The fourth-order valence-electron chi connectivity index (χ4n) is 1.64. The zero-order valence-electron chi connectivity index (χ0n) is 10.6. The first-order valence-corrected chi connectivity index (χ1v) is 5.60. The van der Waals surface area contributed by atoms with Crippen LogP contribution in [-0.4, -0.2) is 25.8 Å². The molecular formula is C13H13N3O3. The molecule has 0 aromatic carbocycles. The van der Waals surface area contributed by atoms with Gasteiger partial charge in [-0.05, 0) is 25.1 Å². The number of pyridine rings is 1. The van der Waals surface area contributed by atoms with E-state index in [-0.39, 0.29) is 0 Å². The Balaban J connectivity index is 2.37. The summed E-state index contributed by atoms with van der Waals surface area (Å²) < 4.78 is 7.25. The lowest BCUT2D eigenvalue weighted by atomic mass is 10.2. The van der Waals surface area contributed by atoms with Gasteiger partial charge in [-0.2, -0.15) is 5.10 Å². The lowest BCUT2D eigenvalue weighted by Gasteiger charge is -2.06. The van der Waals surface area contributed by atoms with Crippen LogP contribution in [0.3, 0.4) is 0 Å². The number of ether oxygens (including phenoxy) is 1. The van der Waals surface area contributed by atoms with Crippen LogP contribution in [0.1, 0.15) is 11.3 Å². The number of hydrogen-bond donors (Lipinski definition) is 1. The molecule has 0 saturated carbocycles. The topological polar surface area (TPSA) is 77.2 Å². The number of carbonyl (C=O) groups is 1. The molecule has 0 aliphatic carbocycles. The maximum atomic E-state index is 10.6. The molecule has 0 aliphatic rings. The number of aromatic nitrogens is 3. The van der Waals surface area contributed by atoms with Gasteiger partial charge in [0.2, 0.25) is 5.88 Å². The van der Waals surface area contributed by atoms with Crippen molar-refractivity contribution >= 4 is 12.0 Å². The summed E-state index contributed by atoms with van der Waals surface area (Å²) in [5.74, 6) is 0.0223. The van der Waals surface area contributed by atoms with Crippen LogP contribution in [0.2, 0.25) is 0 Å². The average molecular weight is 259 g/mol. The highest BCUT2D eigenvalue weighted by Gasteiger charge is 2.13. The molecule has 0 aliphatic heterocycles. The quantitative estimate of drug-likeness (QED) is 0.850. The van der Waals surface area contributed by atoms with Gasteiger partial charge in [-0.3, -0.25) is 4.98 Å². The van der Waals surface area contributed by atoms with E-state index >= 15 is 0 Å². The molecule has 2 aromatic heterocycles. The number of carboxylic acid groups (broad SMARTS) is 1. The maximum absolute atomic E-state index is 10.6. The van der Waals surface area contributed by atoms with E-state index in [0.717, 1.165) is 6.08 Å². The average Bonchev–Trinajstić information content (AvgIpc) is 2.63. The minimum Gasteiger partial charge on any atom is -0.478 e. The third kappa shape index (κ3) is 2.98. The van der Waals surface area contributed by atoms with Crippen molar-refractivity contribution in [3.63, 3.8) is 0 Å². The van der Waals surface area contributed by atoms with Crippen molar-refractivity contribution < 1.29 is 14.6 Å². The second-order valence-electron chi connectivity index (χ2n) is 3.89. The van der Waals surface area contributed by atoms with Crippen LogP contribution in [0.4, 0.5) is 0 Å². The first kappa shape index (κ1) is 12.8. The van der Waals surface area contributed by atoms with E-state index in [1.54, 1.807) is 43.2 Å². The van der Waals surface area contributed by atoms with E-state index in [4.69, 9.17) is 9.84 Å². The van der Waals surface area contributed by atoms with Gasteiger partial charge in [-0.15, -0.1) is 0 Å². The Morgan fingerprint density at radius 3 is 2.95 bits per heavy atom. The van der Waals surface area contributed by atoms with E-state index in [9.17, 15) is 4.79 Å². The predicted molar refractivity (Wildman–Crippen MR) is 68.9 cm³/mol. The van der Waals surface area contributed by atoms with Gasteiger partial charge < -0.3 is 9.84 Å². The highest BCUT2D eigenvalue weighted by molar-refractivity contribution is 5.86. The van der Waals surface area contributed by atoms with Crippen molar-refractivity contribution in [2.75, 3.05) is 0 Å². The molecule has 0 atom stereocenters. The van der Waals surface area contributed by atoms with Gasteiger partial charge in [-0.1, -0.05) is 0 Å². The zero-order valence-corrected chi connectivity index (χ0v) is 10.6. The molecule has 0 amide bonds. The Hall–Kier alpha value is -2.63. The van der Waals surface area contributed by atoms with Crippen molar-refractivity contribution in [1.29, 1.82) is 0 Å². The van der Waals surface area contributed by atoms with Crippen molar-refractivity contribution in [2.45, 2.75) is 6.92 Å². The third-order valence-corrected chi connectivity index (χ3v) is 2.46. The van der Waals surface area contributed by atoms with Crippen LogP contribution in [0.15, 0.2) is 30.6 Å². The van der Waals surface area contributed by atoms with Crippen molar-refractivity contribution in [3.8, 4) is 11.6 Å². The summed E-state index contributed by atoms with van der Waals surface area (Å²) in [6.07, 6.45) is 5.75. The first-order chi connectivity index (χ1) is 9.08. The highest BCUT2D eigenvalue weighted by atomic mass is 16.5. The number of hydrogen-bond acceptors (Lipinski definition) is 4. The molecule has 0 bridgehead atoms. The van der Waals surface area contributed by atoms with Gasteiger partial charge in [-0.25, -0.2) is 9.48 Å². The molecule has 0 fully saturated rings. The summed E-state index contributed by atoms with van der Waals surface area (Å²) in [6, 6.07) is 3.52. The lowest BCUT2D eigenvalue weighted by molar-refractivity contribution is -0.131. The smallest absolute Gasteiger partial charge is 0.328 e. The predicted octanol–water partition coefficient (Wildman–Crippen LogP) is 2.01. The van der Waals surface area contributed by atoms with Crippen LogP contribution in [-0.2, 0) is 11.8 Å². The van der Waals surface area contributed by atoms with E-state index in [1.165, 1.54) is 6.08 Å². The van der Waals surface area contributed by atoms with Gasteiger partial charge in [0.1, 0.15) is 5.75 Å². The van der Waals surface area contributed by atoms with Gasteiger partial charge in [0.15, 0.2) is 0 Å². The van der Waals surface area contributed by atoms with Crippen molar-refractivity contribution in [2.24, 2.45) is 7.05 Å². The SMILES string of the molecule is Cc1nn(C)c(Oc2cccnc2)c1/C=C/C(=O)O. The fraction of sp³-hybridized carbons (Fsp3) is 0.154. The first-order valence-electron chi connectivity index (χ1n) is 5.60. The molecule has 6 nitrogen and oxygen atoms in total. The zero-order chi connectivity index (χ0) is 13.8. The largest absolute Gasteiger partial charge is 0.478 e. The molecule has 0 unspecified atom stereocenters. The second kappa shape index (κ2) is 5.34. The van der Waals surface area contributed by atoms with Gasteiger partial charge in [0.25, 0.3) is 0 Å². The molecule has 2 rings (SSSR count). The lowest BCUT2D eigenvalue weighted by Crippen LogP contribution is -1.96. The summed E-state index contributed by atoms with van der Waals surface area (Å²) in [4.78, 5) is 14.5. The molecule has 0 saturated heterocycles. The van der Waals surface area contributed by atoms with Crippen LogP contribution in [0, 0.1) is 6.92 Å². The molecule has 0 radical (unpaired) electrons. The summed E-state index contributed by atoms with van der Waals surface area (Å²) in [6.45, 7) is 1.79. The summed E-state index contributed by atoms with van der Waals surface area (Å²) in [5.41, 5.74) is 1.33. The van der Waals surface area contributed by atoms with Crippen molar-refractivity contribution in [3.05, 3.63) is 41.9 Å². The number of nitrogens with zero attached hydrogens (tertiary/aromatic N) is 3. The highest BCUT2D eigenvalue weighted by Crippen LogP contribution is 2.27. The van der Waals surface area contributed by atoms with E-state index in [0.29, 0.717) is 22.9 Å². The number of rotatable bonds is 4. The number of carboxylic acids is 1.